The molecular weight excluding hydrogens is 376 g/mol. The van der Waals surface area contributed by atoms with Crippen molar-refractivity contribution in [3.8, 4) is 0 Å². The largest absolute Gasteiger partial charge is 0.392 e. The van der Waals surface area contributed by atoms with Crippen LogP contribution in [0, 0.1) is 56.7 Å². The van der Waals surface area contributed by atoms with Gasteiger partial charge in [0.15, 0.2) is 0 Å². The van der Waals surface area contributed by atoms with Crippen molar-refractivity contribution < 1.29 is 5.11 Å². The van der Waals surface area contributed by atoms with Crippen LogP contribution in [0.15, 0.2) is 11.6 Å². The summed E-state index contributed by atoms with van der Waals surface area (Å²) in [7, 11) is 0. The van der Waals surface area contributed by atoms with Gasteiger partial charge in [-0.3, -0.25) is 0 Å². The van der Waals surface area contributed by atoms with Crippen molar-refractivity contribution in [3.05, 3.63) is 11.6 Å². The number of fused-ring (bicyclic) bond motifs is 7. The zero-order chi connectivity index (χ0) is 22.6. The van der Waals surface area contributed by atoms with Crippen molar-refractivity contribution in [2.45, 2.75) is 119 Å². The lowest BCUT2D eigenvalue weighted by molar-refractivity contribution is -0.217. The summed E-state index contributed by atoms with van der Waals surface area (Å²) in [4.78, 5) is 0. The first-order valence-electron chi connectivity index (χ1n) is 13.7. The Morgan fingerprint density at radius 1 is 0.839 bits per heavy atom. The predicted octanol–water partition coefficient (Wildman–Crippen LogP) is 8.02. The van der Waals surface area contributed by atoms with Gasteiger partial charge in [0, 0.05) is 5.41 Å². The van der Waals surface area contributed by atoms with E-state index in [0.717, 1.165) is 30.1 Å². The Labute approximate surface area is 192 Å². The molecule has 0 unspecified atom stereocenters. The molecule has 0 spiro atoms. The standard InChI is InChI=1S/C30H50O/c1-19(2)20-13-14-27(5)15-17-29(7)23-11-9-21-22(10-12-24(31)26(21,3)4)28(23,6)16-18-30(29,8)25(20)27/h9,19-20,22-25,31H,10-18H2,1-8H3/t20-,22-,23-,24+,25-,27-,28+,29+,30+/m1/s1. The maximum Gasteiger partial charge on any atom is 0.0628 e. The number of hydrogen-bond donors (Lipinski definition) is 1. The van der Waals surface area contributed by atoms with Crippen LogP contribution >= 0.6 is 0 Å². The van der Waals surface area contributed by atoms with Gasteiger partial charge in [-0.05, 0) is 109 Å². The van der Waals surface area contributed by atoms with E-state index in [1.54, 1.807) is 5.57 Å². The van der Waals surface area contributed by atoms with Crippen LogP contribution in [-0.4, -0.2) is 11.2 Å². The van der Waals surface area contributed by atoms with Gasteiger partial charge in [-0.2, -0.15) is 0 Å². The zero-order valence-electron chi connectivity index (χ0n) is 21.9. The van der Waals surface area contributed by atoms with Gasteiger partial charge in [0.25, 0.3) is 0 Å². The summed E-state index contributed by atoms with van der Waals surface area (Å²) in [6.07, 6.45) is 14.5. The molecule has 1 N–H and O–H groups in total. The van der Waals surface area contributed by atoms with Crippen LogP contribution in [0.5, 0.6) is 0 Å². The maximum atomic E-state index is 10.8. The molecule has 5 aliphatic rings. The summed E-state index contributed by atoms with van der Waals surface area (Å²) < 4.78 is 0. The molecule has 0 amide bonds. The molecule has 4 fully saturated rings. The Kier molecular flexibility index (Phi) is 4.82. The smallest absolute Gasteiger partial charge is 0.0628 e. The van der Waals surface area contributed by atoms with Crippen LogP contribution in [-0.2, 0) is 0 Å². The molecule has 0 heterocycles. The predicted molar refractivity (Wildman–Crippen MR) is 131 cm³/mol. The highest BCUT2D eigenvalue weighted by Gasteiger charge is 2.70. The lowest BCUT2D eigenvalue weighted by Crippen LogP contribution is -2.65. The third kappa shape index (κ3) is 2.65. The van der Waals surface area contributed by atoms with Crippen LogP contribution in [0.3, 0.4) is 0 Å². The van der Waals surface area contributed by atoms with E-state index >= 15 is 0 Å². The van der Waals surface area contributed by atoms with E-state index in [1.165, 1.54) is 51.4 Å². The summed E-state index contributed by atoms with van der Waals surface area (Å²) in [5, 5.41) is 10.8. The lowest BCUT2D eigenvalue weighted by atomic mass is 9.33. The second kappa shape index (κ2) is 6.64. The molecule has 0 saturated heterocycles. The molecule has 0 aliphatic heterocycles. The minimum Gasteiger partial charge on any atom is -0.392 e. The van der Waals surface area contributed by atoms with E-state index in [4.69, 9.17) is 0 Å². The van der Waals surface area contributed by atoms with Crippen LogP contribution in [0.25, 0.3) is 0 Å². The third-order valence-electron chi connectivity index (χ3n) is 13.1. The normalized spacial score (nSPS) is 55.7. The van der Waals surface area contributed by atoms with Gasteiger partial charge in [-0.15, -0.1) is 0 Å². The quantitative estimate of drug-likeness (QED) is 0.421. The Bertz CT molecular complexity index is 777. The molecule has 0 bridgehead atoms. The topological polar surface area (TPSA) is 20.2 Å². The second-order valence-electron chi connectivity index (χ2n) is 14.7. The van der Waals surface area contributed by atoms with Gasteiger partial charge in [0.05, 0.1) is 6.10 Å². The minimum atomic E-state index is -0.166. The van der Waals surface area contributed by atoms with Crippen molar-refractivity contribution in [2.24, 2.45) is 56.7 Å². The molecule has 5 aliphatic carbocycles. The highest BCUT2D eigenvalue weighted by atomic mass is 16.3. The van der Waals surface area contributed by atoms with Crippen molar-refractivity contribution in [1.82, 2.24) is 0 Å². The van der Waals surface area contributed by atoms with Gasteiger partial charge in [0.1, 0.15) is 0 Å². The Morgan fingerprint density at radius 2 is 1.52 bits per heavy atom. The average molecular weight is 427 g/mol. The van der Waals surface area contributed by atoms with Gasteiger partial charge in [-0.1, -0.05) is 67.0 Å². The molecule has 0 radical (unpaired) electrons. The Hall–Kier alpha value is -0.300. The highest BCUT2D eigenvalue weighted by Crippen LogP contribution is 2.77. The summed E-state index contributed by atoms with van der Waals surface area (Å²) in [5.41, 5.74) is 3.48. The number of aliphatic hydroxyl groups excluding tert-OH is 1. The fraction of sp³-hybridized carbons (Fsp3) is 0.933. The van der Waals surface area contributed by atoms with E-state index in [-0.39, 0.29) is 11.5 Å². The lowest BCUT2D eigenvalue weighted by Gasteiger charge is -2.72. The fourth-order valence-corrected chi connectivity index (χ4v) is 11.0. The number of aliphatic hydroxyl groups is 1. The van der Waals surface area contributed by atoms with E-state index in [2.05, 4.69) is 61.5 Å². The highest BCUT2D eigenvalue weighted by molar-refractivity contribution is 5.30. The van der Waals surface area contributed by atoms with Crippen molar-refractivity contribution in [3.63, 3.8) is 0 Å². The van der Waals surface area contributed by atoms with Gasteiger partial charge >= 0.3 is 0 Å². The van der Waals surface area contributed by atoms with Crippen LogP contribution in [0.4, 0.5) is 0 Å². The van der Waals surface area contributed by atoms with Gasteiger partial charge in [0.2, 0.25) is 0 Å². The van der Waals surface area contributed by atoms with Crippen LogP contribution in [0.2, 0.25) is 0 Å². The molecule has 1 nitrogen and oxygen atoms in total. The van der Waals surface area contributed by atoms with E-state index in [9.17, 15) is 5.11 Å². The first-order chi connectivity index (χ1) is 14.3. The summed E-state index contributed by atoms with van der Waals surface area (Å²) >= 11 is 0. The molecule has 176 valence electrons. The third-order valence-corrected chi connectivity index (χ3v) is 13.1. The molecule has 0 aromatic carbocycles. The SMILES string of the molecule is CC(C)[C@H]1CC[C@]2(C)CC[C@@]3(C)[C@@H]4CC=C5[C@@H](CC[C@H](O)C5(C)C)[C@]4(C)CC[C@@]3(C)[C@H]12. The molecule has 4 saturated carbocycles. The Morgan fingerprint density at radius 3 is 2.19 bits per heavy atom. The number of hydrogen-bond acceptors (Lipinski definition) is 1. The molecular formula is C30H50O. The van der Waals surface area contributed by atoms with Crippen molar-refractivity contribution >= 4 is 0 Å². The molecule has 1 heteroatoms. The van der Waals surface area contributed by atoms with Crippen molar-refractivity contribution in [2.75, 3.05) is 0 Å². The van der Waals surface area contributed by atoms with E-state index in [0.29, 0.717) is 27.6 Å². The van der Waals surface area contributed by atoms with Crippen LogP contribution < -0.4 is 0 Å². The maximum absolute atomic E-state index is 10.8. The molecule has 31 heavy (non-hydrogen) atoms. The van der Waals surface area contributed by atoms with Crippen LogP contribution in [0.1, 0.15) is 113 Å². The van der Waals surface area contributed by atoms with Gasteiger partial charge in [-0.25, -0.2) is 0 Å². The zero-order valence-corrected chi connectivity index (χ0v) is 21.9. The minimum absolute atomic E-state index is 0.0438. The number of allylic oxidation sites excluding steroid dienone is 1. The number of rotatable bonds is 1. The second-order valence-corrected chi connectivity index (χ2v) is 14.7. The first kappa shape index (κ1) is 22.5. The molecule has 5 rings (SSSR count). The molecule has 9 atom stereocenters. The fourth-order valence-electron chi connectivity index (χ4n) is 11.0. The van der Waals surface area contributed by atoms with Gasteiger partial charge < -0.3 is 5.11 Å². The first-order valence-corrected chi connectivity index (χ1v) is 13.7. The molecule has 0 aromatic rings. The monoisotopic (exact) mass is 426 g/mol. The summed E-state index contributed by atoms with van der Waals surface area (Å²) in [6.45, 7) is 20.5. The molecule has 0 aromatic heterocycles. The van der Waals surface area contributed by atoms with E-state index in [1.807, 2.05) is 0 Å². The van der Waals surface area contributed by atoms with E-state index < -0.39 is 0 Å². The average Bonchev–Trinajstić information content (AvgIpc) is 3.06. The summed E-state index contributed by atoms with van der Waals surface area (Å²) in [5.74, 6) is 4.12. The summed E-state index contributed by atoms with van der Waals surface area (Å²) in [6, 6.07) is 0. The van der Waals surface area contributed by atoms with Crippen molar-refractivity contribution in [1.29, 1.82) is 0 Å². The Balaban J connectivity index is 1.58.